The molecule has 1 aliphatic heterocycles. The molecule has 4 aliphatic rings. The molecule has 1 saturated carbocycles. The molecule has 110 valence electrons. The van der Waals surface area contributed by atoms with Crippen LogP contribution < -0.4 is 0 Å². The predicted octanol–water partition coefficient (Wildman–Crippen LogP) is 4.45. The summed E-state index contributed by atoms with van der Waals surface area (Å²) >= 11 is 13.4. The molecule has 0 aromatic heterocycles. The third-order valence-corrected chi connectivity index (χ3v) is 7.21. The lowest BCUT2D eigenvalue weighted by atomic mass is 9.70. The molecule has 1 aromatic carbocycles. The minimum absolute atomic E-state index is 0.0604. The third-order valence-electron chi connectivity index (χ3n) is 6.34. The van der Waals surface area contributed by atoms with Gasteiger partial charge in [-0.3, -0.25) is 0 Å². The molecular formula is C18H18Cl2O. The zero-order valence-electron chi connectivity index (χ0n) is 12.1. The molecule has 2 bridgehead atoms. The Morgan fingerprint density at radius 1 is 0.905 bits per heavy atom. The summed E-state index contributed by atoms with van der Waals surface area (Å²) in [5.41, 5.74) is 2.72. The third kappa shape index (κ3) is 1.27. The average Bonchev–Trinajstić information content (AvgIpc) is 2.78. The topological polar surface area (TPSA) is 12.5 Å². The number of alkyl halides is 2. The number of hydrogen-bond donors (Lipinski definition) is 0. The molecule has 1 aromatic rings. The molecule has 3 aliphatic carbocycles. The van der Waals surface area contributed by atoms with Gasteiger partial charge in [0.05, 0.1) is 16.4 Å². The van der Waals surface area contributed by atoms with Gasteiger partial charge in [0.2, 0.25) is 0 Å². The first-order valence-electron chi connectivity index (χ1n) is 7.74. The summed E-state index contributed by atoms with van der Waals surface area (Å²) in [6, 6.07) is 8.80. The highest BCUT2D eigenvalue weighted by molar-refractivity contribution is 6.24. The molecule has 0 radical (unpaired) electrons. The van der Waals surface area contributed by atoms with Crippen molar-refractivity contribution in [1.29, 1.82) is 0 Å². The number of epoxide rings is 1. The second-order valence-corrected chi connectivity index (χ2v) is 8.43. The number of rotatable bonds is 0. The normalized spacial score (nSPS) is 51.0. The summed E-state index contributed by atoms with van der Waals surface area (Å²) in [5.74, 6) is 1.54. The lowest BCUT2D eigenvalue weighted by Crippen LogP contribution is -2.36. The van der Waals surface area contributed by atoms with Gasteiger partial charge in [0.1, 0.15) is 5.60 Å². The Morgan fingerprint density at radius 3 is 1.71 bits per heavy atom. The van der Waals surface area contributed by atoms with Crippen molar-refractivity contribution in [3.8, 4) is 0 Å². The Labute approximate surface area is 135 Å². The average molecular weight is 321 g/mol. The molecule has 7 atom stereocenters. The van der Waals surface area contributed by atoms with Gasteiger partial charge in [0.25, 0.3) is 0 Å². The van der Waals surface area contributed by atoms with E-state index in [-0.39, 0.29) is 22.0 Å². The van der Waals surface area contributed by atoms with Gasteiger partial charge >= 0.3 is 0 Å². The zero-order valence-corrected chi connectivity index (χ0v) is 13.6. The quantitative estimate of drug-likeness (QED) is 0.391. The highest BCUT2D eigenvalue weighted by Gasteiger charge is 2.82. The van der Waals surface area contributed by atoms with Crippen molar-refractivity contribution in [3.05, 3.63) is 47.5 Å². The minimum Gasteiger partial charge on any atom is -0.362 e. The molecular weight excluding hydrogens is 303 g/mol. The van der Waals surface area contributed by atoms with Crippen LogP contribution in [0.5, 0.6) is 0 Å². The largest absolute Gasteiger partial charge is 0.362 e. The van der Waals surface area contributed by atoms with Gasteiger partial charge in [-0.15, -0.1) is 23.2 Å². The SMILES string of the molecule is CC1(C)OC12[C@H]1c3ccccc3[C@H]2[C@@H]2[C@@H]1[C@H](Cl)C=C[C@@H]2Cl. The van der Waals surface area contributed by atoms with E-state index in [1.807, 2.05) is 0 Å². The molecule has 1 nitrogen and oxygen atoms in total. The number of allylic oxidation sites excluding steroid dienone is 2. The molecule has 1 saturated heterocycles. The fourth-order valence-corrected chi connectivity index (χ4v) is 6.49. The van der Waals surface area contributed by atoms with Crippen LogP contribution in [0, 0.1) is 11.8 Å². The number of benzene rings is 1. The fourth-order valence-electron chi connectivity index (χ4n) is 5.70. The van der Waals surface area contributed by atoms with Crippen LogP contribution in [0.3, 0.4) is 0 Å². The lowest BCUT2D eigenvalue weighted by Gasteiger charge is -2.38. The first-order valence-corrected chi connectivity index (χ1v) is 8.62. The Bertz CT molecular complexity index is 620. The Hall–Kier alpha value is -0.500. The van der Waals surface area contributed by atoms with Crippen LogP contribution in [0.1, 0.15) is 36.8 Å². The molecule has 5 rings (SSSR count). The molecule has 3 heteroatoms. The summed E-state index contributed by atoms with van der Waals surface area (Å²) in [6.07, 6.45) is 4.18. The Morgan fingerprint density at radius 2 is 1.33 bits per heavy atom. The summed E-state index contributed by atoms with van der Waals surface area (Å²) in [7, 11) is 0. The monoisotopic (exact) mass is 320 g/mol. The van der Waals surface area contributed by atoms with Gasteiger partial charge in [-0.2, -0.15) is 0 Å². The van der Waals surface area contributed by atoms with Crippen molar-refractivity contribution in [2.75, 3.05) is 0 Å². The molecule has 0 amide bonds. The van der Waals surface area contributed by atoms with E-state index in [0.29, 0.717) is 23.7 Å². The van der Waals surface area contributed by atoms with E-state index in [1.54, 1.807) is 0 Å². The van der Waals surface area contributed by atoms with Gasteiger partial charge in [-0.1, -0.05) is 36.4 Å². The van der Waals surface area contributed by atoms with Gasteiger partial charge in [0, 0.05) is 11.8 Å². The lowest BCUT2D eigenvalue weighted by molar-refractivity contribution is 0.252. The maximum atomic E-state index is 6.69. The van der Waals surface area contributed by atoms with Crippen LogP contribution in [-0.2, 0) is 4.74 Å². The standard InChI is InChI=1S/C18H18Cl2O/c1-17(2)18(21-17)15-9-5-3-4-6-10(9)16(18)14-12(20)8-7-11(19)13(14)15/h3-8,11-16H,1-2H3/t11-,12+,13-,14-,15-,16-,18?/m0/s1. The van der Waals surface area contributed by atoms with Gasteiger partial charge in [-0.25, -0.2) is 0 Å². The van der Waals surface area contributed by atoms with E-state index in [0.717, 1.165) is 0 Å². The first-order chi connectivity index (χ1) is 9.99. The van der Waals surface area contributed by atoms with Gasteiger partial charge in [0.15, 0.2) is 0 Å². The van der Waals surface area contributed by atoms with Gasteiger partial charge in [-0.05, 0) is 36.8 Å². The number of hydrogen-bond acceptors (Lipinski definition) is 1. The molecule has 0 N–H and O–H groups in total. The minimum atomic E-state index is -0.0850. The fraction of sp³-hybridized carbons (Fsp3) is 0.556. The van der Waals surface area contributed by atoms with Crippen molar-refractivity contribution in [2.45, 2.75) is 47.6 Å². The number of fused-ring (bicyclic) bond motifs is 6. The van der Waals surface area contributed by atoms with Crippen LogP contribution in [0.15, 0.2) is 36.4 Å². The molecule has 1 spiro atoms. The van der Waals surface area contributed by atoms with Crippen molar-refractivity contribution in [2.24, 2.45) is 11.8 Å². The second kappa shape index (κ2) is 3.69. The Kier molecular flexibility index (Phi) is 2.28. The number of halogens is 2. The van der Waals surface area contributed by atoms with E-state index in [4.69, 9.17) is 27.9 Å². The highest BCUT2D eigenvalue weighted by atomic mass is 35.5. The van der Waals surface area contributed by atoms with Crippen LogP contribution >= 0.6 is 23.2 Å². The number of ether oxygens (including phenoxy) is 1. The van der Waals surface area contributed by atoms with E-state index in [2.05, 4.69) is 50.3 Å². The van der Waals surface area contributed by atoms with Crippen LogP contribution in [-0.4, -0.2) is 22.0 Å². The van der Waals surface area contributed by atoms with E-state index < -0.39 is 0 Å². The molecule has 1 unspecified atom stereocenters. The summed E-state index contributed by atoms with van der Waals surface area (Å²) in [6.45, 7) is 4.44. The van der Waals surface area contributed by atoms with E-state index in [1.165, 1.54) is 11.1 Å². The van der Waals surface area contributed by atoms with Gasteiger partial charge < -0.3 is 4.74 Å². The van der Waals surface area contributed by atoms with E-state index >= 15 is 0 Å². The summed E-state index contributed by atoms with van der Waals surface area (Å²) < 4.78 is 6.37. The maximum Gasteiger partial charge on any atom is 0.112 e. The maximum absolute atomic E-state index is 6.69. The smallest absolute Gasteiger partial charge is 0.112 e. The Balaban J connectivity index is 1.77. The van der Waals surface area contributed by atoms with Crippen LogP contribution in [0.25, 0.3) is 0 Å². The summed E-state index contributed by atoms with van der Waals surface area (Å²) in [4.78, 5) is 0. The zero-order chi connectivity index (χ0) is 14.6. The molecule has 2 fully saturated rings. The molecule has 21 heavy (non-hydrogen) atoms. The van der Waals surface area contributed by atoms with E-state index in [9.17, 15) is 0 Å². The van der Waals surface area contributed by atoms with Crippen molar-refractivity contribution in [1.82, 2.24) is 0 Å². The van der Waals surface area contributed by atoms with Crippen LogP contribution in [0.4, 0.5) is 0 Å². The second-order valence-electron chi connectivity index (χ2n) is 7.42. The highest BCUT2D eigenvalue weighted by Crippen LogP contribution is 2.79. The predicted molar refractivity (Wildman–Crippen MR) is 85.2 cm³/mol. The van der Waals surface area contributed by atoms with Crippen molar-refractivity contribution < 1.29 is 4.74 Å². The first kappa shape index (κ1) is 13.0. The molecule has 1 heterocycles. The van der Waals surface area contributed by atoms with Crippen molar-refractivity contribution >= 4 is 23.2 Å². The summed E-state index contributed by atoms with van der Waals surface area (Å²) in [5, 5.41) is 0.121. The van der Waals surface area contributed by atoms with Crippen molar-refractivity contribution in [3.63, 3.8) is 0 Å². The van der Waals surface area contributed by atoms with Crippen LogP contribution in [0.2, 0.25) is 0 Å².